The van der Waals surface area contributed by atoms with E-state index in [0.29, 0.717) is 5.82 Å². The molecule has 0 fully saturated rings. The van der Waals surface area contributed by atoms with Crippen molar-refractivity contribution in [2.75, 3.05) is 6.54 Å². The molecule has 3 aromatic rings. The average Bonchev–Trinajstić information content (AvgIpc) is 2.89. The van der Waals surface area contributed by atoms with E-state index in [9.17, 15) is 0 Å². The SMILES string of the molecule is CCNCc1ccnc(-c2coc3ccccc23)n1. The summed E-state index contributed by atoms with van der Waals surface area (Å²) in [5.74, 6) is 0.709. The Hall–Kier alpha value is -2.20. The highest BCUT2D eigenvalue weighted by molar-refractivity contribution is 5.91. The molecule has 0 radical (unpaired) electrons. The van der Waals surface area contributed by atoms with Crippen LogP contribution >= 0.6 is 0 Å². The Morgan fingerprint density at radius 1 is 1.21 bits per heavy atom. The second-order valence-electron chi connectivity index (χ2n) is 4.30. The van der Waals surface area contributed by atoms with Gasteiger partial charge in [-0.25, -0.2) is 9.97 Å². The lowest BCUT2D eigenvalue weighted by Gasteiger charge is -2.03. The molecule has 1 N–H and O–H groups in total. The first-order valence-corrected chi connectivity index (χ1v) is 6.37. The van der Waals surface area contributed by atoms with E-state index in [0.717, 1.165) is 35.3 Å². The van der Waals surface area contributed by atoms with Crippen molar-refractivity contribution in [3.63, 3.8) is 0 Å². The molecule has 19 heavy (non-hydrogen) atoms. The third-order valence-electron chi connectivity index (χ3n) is 2.99. The molecule has 0 amide bonds. The topological polar surface area (TPSA) is 51.0 Å². The number of furan rings is 1. The Morgan fingerprint density at radius 2 is 2.11 bits per heavy atom. The molecule has 0 aliphatic rings. The van der Waals surface area contributed by atoms with Crippen LogP contribution < -0.4 is 5.32 Å². The predicted octanol–water partition coefficient (Wildman–Crippen LogP) is 3.00. The fourth-order valence-electron chi connectivity index (χ4n) is 2.03. The first-order valence-electron chi connectivity index (χ1n) is 6.37. The van der Waals surface area contributed by atoms with Gasteiger partial charge in [-0.15, -0.1) is 0 Å². The lowest BCUT2D eigenvalue weighted by molar-refractivity contribution is 0.616. The normalized spacial score (nSPS) is 11.0. The lowest BCUT2D eigenvalue weighted by Crippen LogP contribution is -2.13. The van der Waals surface area contributed by atoms with Crippen LogP contribution in [-0.4, -0.2) is 16.5 Å². The number of nitrogens with one attached hydrogen (secondary N) is 1. The van der Waals surface area contributed by atoms with Gasteiger partial charge in [0.25, 0.3) is 0 Å². The van der Waals surface area contributed by atoms with E-state index in [-0.39, 0.29) is 0 Å². The molecule has 96 valence electrons. The van der Waals surface area contributed by atoms with Crippen molar-refractivity contribution < 1.29 is 4.42 Å². The van der Waals surface area contributed by atoms with E-state index in [1.54, 1.807) is 12.5 Å². The summed E-state index contributed by atoms with van der Waals surface area (Å²) < 4.78 is 5.53. The number of fused-ring (bicyclic) bond motifs is 1. The molecule has 0 bridgehead atoms. The summed E-state index contributed by atoms with van der Waals surface area (Å²) in [6.45, 7) is 3.75. The molecule has 0 atom stereocenters. The monoisotopic (exact) mass is 253 g/mol. The van der Waals surface area contributed by atoms with Crippen LogP contribution in [0.1, 0.15) is 12.6 Å². The van der Waals surface area contributed by atoms with Crippen LogP contribution in [0, 0.1) is 0 Å². The maximum Gasteiger partial charge on any atom is 0.163 e. The minimum absolute atomic E-state index is 0.709. The molecule has 0 aliphatic heterocycles. The standard InChI is InChI=1S/C15H15N3O/c1-2-16-9-11-7-8-17-15(18-11)13-10-19-14-6-4-3-5-12(13)14/h3-8,10,16H,2,9H2,1H3. The molecule has 3 rings (SSSR count). The molecule has 0 spiro atoms. The van der Waals surface area contributed by atoms with Crippen molar-refractivity contribution in [1.29, 1.82) is 0 Å². The maximum atomic E-state index is 5.53. The van der Waals surface area contributed by atoms with Gasteiger partial charge < -0.3 is 9.73 Å². The van der Waals surface area contributed by atoms with Gasteiger partial charge in [0.2, 0.25) is 0 Å². The number of hydrogen-bond donors (Lipinski definition) is 1. The van der Waals surface area contributed by atoms with Gasteiger partial charge in [0.1, 0.15) is 11.8 Å². The van der Waals surface area contributed by atoms with E-state index in [4.69, 9.17) is 4.42 Å². The molecule has 2 heterocycles. The van der Waals surface area contributed by atoms with Crippen LogP contribution in [0.25, 0.3) is 22.4 Å². The number of hydrogen-bond acceptors (Lipinski definition) is 4. The number of nitrogens with zero attached hydrogens (tertiary/aromatic N) is 2. The van der Waals surface area contributed by atoms with Gasteiger partial charge in [0.15, 0.2) is 5.82 Å². The van der Waals surface area contributed by atoms with Gasteiger partial charge >= 0.3 is 0 Å². The van der Waals surface area contributed by atoms with Crippen molar-refractivity contribution in [3.05, 3.63) is 48.5 Å². The van der Waals surface area contributed by atoms with E-state index < -0.39 is 0 Å². The third kappa shape index (κ3) is 2.35. The number of aromatic nitrogens is 2. The third-order valence-corrected chi connectivity index (χ3v) is 2.99. The summed E-state index contributed by atoms with van der Waals surface area (Å²) in [5.41, 5.74) is 2.78. The molecule has 2 aromatic heterocycles. The molecule has 1 aromatic carbocycles. The number of para-hydroxylation sites is 1. The Kier molecular flexibility index (Phi) is 3.25. The minimum Gasteiger partial charge on any atom is -0.464 e. The Bertz CT molecular complexity index is 690. The fourth-order valence-corrected chi connectivity index (χ4v) is 2.03. The highest BCUT2D eigenvalue weighted by Gasteiger charge is 2.10. The molecule has 4 nitrogen and oxygen atoms in total. The maximum absolute atomic E-state index is 5.53. The highest BCUT2D eigenvalue weighted by Crippen LogP contribution is 2.27. The average molecular weight is 253 g/mol. The van der Waals surface area contributed by atoms with Crippen molar-refractivity contribution in [2.45, 2.75) is 13.5 Å². The van der Waals surface area contributed by atoms with Crippen LogP contribution in [0.3, 0.4) is 0 Å². The quantitative estimate of drug-likeness (QED) is 0.776. The number of rotatable bonds is 4. The lowest BCUT2D eigenvalue weighted by atomic mass is 10.1. The van der Waals surface area contributed by atoms with Crippen LogP contribution in [-0.2, 0) is 6.54 Å². The zero-order valence-electron chi connectivity index (χ0n) is 10.8. The smallest absolute Gasteiger partial charge is 0.163 e. The zero-order chi connectivity index (χ0) is 13.1. The summed E-state index contributed by atoms with van der Waals surface area (Å²) in [7, 11) is 0. The molecule has 0 saturated heterocycles. The Morgan fingerprint density at radius 3 is 3.00 bits per heavy atom. The minimum atomic E-state index is 0.709. The van der Waals surface area contributed by atoms with Crippen LogP contribution in [0.5, 0.6) is 0 Å². The second kappa shape index (κ2) is 5.20. The van der Waals surface area contributed by atoms with Crippen molar-refractivity contribution in [3.8, 4) is 11.4 Å². The molecular weight excluding hydrogens is 238 g/mol. The van der Waals surface area contributed by atoms with E-state index in [2.05, 4.69) is 22.2 Å². The van der Waals surface area contributed by atoms with Crippen molar-refractivity contribution in [1.82, 2.24) is 15.3 Å². The van der Waals surface area contributed by atoms with E-state index >= 15 is 0 Å². The first kappa shape index (κ1) is 11.9. The van der Waals surface area contributed by atoms with Gasteiger partial charge in [0, 0.05) is 18.1 Å². The van der Waals surface area contributed by atoms with Gasteiger partial charge in [-0.1, -0.05) is 25.1 Å². The van der Waals surface area contributed by atoms with Crippen molar-refractivity contribution in [2.24, 2.45) is 0 Å². The summed E-state index contributed by atoms with van der Waals surface area (Å²) in [6, 6.07) is 9.84. The van der Waals surface area contributed by atoms with Crippen molar-refractivity contribution >= 4 is 11.0 Å². The fraction of sp³-hybridized carbons (Fsp3) is 0.200. The molecule has 0 unspecified atom stereocenters. The van der Waals surface area contributed by atoms with E-state index in [1.165, 1.54) is 0 Å². The largest absolute Gasteiger partial charge is 0.464 e. The van der Waals surface area contributed by atoms with Gasteiger partial charge in [-0.05, 0) is 18.7 Å². The van der Waals surface area contributed by atoms with E-state index in [1.807, 2.05) is 30.3 Å². The Balaban J connectivity index is 2.01. The van der Waals surface area contributed by atoms with Gasteiger partial charge in [-0.3, -0.25) is 0 Å². The van der Waals surface area contributed by atoms with Crippen LogP contribution in [0.15, 0.2) is 47.2 Å². The molecule has 4 heteroatoms. The molecule has 0 saturated carbocycles. The van der Waals surface area contributed by atoms with Gasteiger partial charge in [-0.2, -0.15) is 0 Å². The van der Waals surface area contributed by atoms with Gasteiger partial charge in [0.05, 0.1) is 11.3 Å². The predicted molar refractivity (Wildman–Crippen MR) is 74.6 cm³/mol. The second-order valence-corrected chi connectivity index (χ2v) is 4.30. The summed E-state index contributed by atoms with van der Waals surface area (Å²) in [4.78, 5) is 8.91. The number of benzene rings is 1. The Labute approximate surface area is 111 Å². The molecule has 0 aliphatic carbocycles. The summed E-state index contributed by atoms with van der Waals surface area (Å²) in [5, 5.41) is 4.31. The highest BCUT2D eigenvalue weighted by atomic mass is 16.3. The summed E-state index contributed by atoms with van der Waals surface area (Å²) in [6.07, 6.45) is 3.51. The molecular formula is C15H15N3O. The van der Waals surface area contributed by atoms with Crippen LogP contribution in [0.2, 0.25) is 0 Å². The zero-order valence-corrected chi connectivity index (χ0v) is 10.8. The first-order chi connectivity index (χ1) is 9.38. The van der Waals surface area contributed by atoms with Crippen LogP contribution in [0.4, 0.5) is 0 Å². The summed E-state index contributed by atoms with van der Waals surface area (Å²) >= 11 is 0.